The number of amides is 1. The molecular weight excluding hydrogens is 304 g/mol. The van der Waals surface area contributed by atoms with Crippen molar-refractivity contribution in [2.24, 2.45) is 0 Å². The van der Waals surface area contributed by atoms with Crippen molar-refractivity contribution in [3.63, 3.8) is 0 Å². The molecule has 24 heavy (non-hydrogen) atoms. The smallest absolute Gasteiger partial charge is 0.261 e. The van der Waals surface area contributed by atoms with Gasteiger partial charge < -0.3 is 5.32 Å². The van der Waals surface area contributed by atoms with Gasteiger partial charge in [0.1, 0.15) is 5.54 Å². The average Bonchev–Trinajstić information content (AvgIpc) is 3.04. The van der Waals surface area contributed by atoms with Crippen LogP contribution in [0.5, 0.6) is 0 Å². The number of rotatable bonds is 4. The van der Waals surface area contributed by atoms with Gasteiger partial charge in [-0.05, 0) is 44.2 Å². The molecule has 1 aromatic carbocycles. The van der Waals surface area contributed by atoms with Crippen LogP contribution < -0.4 is 10.9 Å². The normalized spacial score (nSPS) is 16.0. The van der Waals surface area contributed by atoms with Gasteiger partial charge in [-0.25, -0.2) is 4.98 Å². The molecule has 1 amide bonds. The van der Waals surface area contributed by atoms with Crippen molar-refractivity contribution in [3.05, 3.63) is 40.4 Å². The molecule has 0 spiro atoms. The number of para-hydroxylation sites is 1. The number of hydrogen-bond acceptors (Lipinski definition) is 4. The summed E-state index contributed by atoms with van der Waals surface area (Å²) in [5.74, 6) is -0.199. The molecule has 6 nitrogen and oxygen atoms in total. The number of aryl methyl sites for hydroxylation is 2. The van der Waals surface area contributed by atoms with Gasteiger partial charge in [-0.2, -0.15) is 5.26 Å². The van der Waals surface area contributed by atoms with E-state index in [0.717, 1.165) is 18.4 Å². The molecule has 3 rings (SSSR count). The molecule has 1 fully saturated rings. The summed E-state index contributed by atoms with van der Waals surface area (Å²) < 4.78 is 1.45. The fourth-order valence-electron chi connectivity index (χ4n) is 3.29. The van der Waals surface area contributed by atoms with E-state index in [9.17, 15) is 14.9 Å². The number of aromatic nitrogens is 2. The molecule has 6 heteroatoms. The number of nitriles is 1. The number of fused-ring (bicyclic) bond motifs is 1. The Morgan fingerprint density at radius 1 is 1.42 bits per heavy atom. The molecule has 0 saturated heterocycles. The average molecular weight is 324 g/mol. The molecule has 1 saturated carbocycles. The van der Waals surface area contributed by atoms with Crippen molar-refractivity contribution in [1.29, 1.82) is 5.26 Å². The molecule has 1 N–H and O–H groups in total. The minimum Gasteiger partial charge on any atom is -0.338 e. The molecule has 0 aliphatic heterocycles. The van der Waals surface area contributed by atoms with E-state index in [-0.39, 0.29) is 24.4 Å². The maximum Gasteiger partial charge on any atom is 0.261 e. The van der Waals surface area contributed by atoms with Crippen LogP contribution in [0, 0.1) is 18.3 Å². The molecule has 0 atom stereocenters. The number of carbonyl (C=O) groups excluding carboxylic acids is 1. The Balaban J connectivity index is 1.72. The molecule has 0 unspecified atom stereocenters. The van der Waals surface area contributed by atoms with E-state index in [0.29, 0.717) is 23.7 Å². The van der Waals surface area contributed by atoms with Gasteiger partial charge in [-0.3, -0.25) is 14.2 Å². The summed E-state index contributed by atoms with van der Waals surface area (Å²) in [6.45, 7) is 2.17. The van der Waals surface area contributed by atoms with Crippen LogP contribution in [0.15, 0.2) is 29.3 Å². The van der Waals surface area contributed by atoms with Gasteiger partial charge in [0, 0.05) is 13.0 Å². The third kappa shape index (κ3) is 3.02. The van der Waals surface area contributed by atoms with Crippen LogP contribution in [0.25, 0.3) is 10.9 Å². The van der Waals surface area contributed by atoms with Gasteiger partial charge in [0.25, 0.3) is 5.56 Å². The highest BCUT2D eigenvalue weighted by Crippen LogP contribution is 2.28. The van der Waals surface area contributed by atoms with Crippen LogP contribution in [-0.2, 0) is 11.3 Å². The zero-order chi connectivity index (χ0) is 17.2. The van der Waals surface area contributed by atoms with E-state index in [4.69, 9.17) is 0 Å². The van der Waals surface area contributed by atoms with Crippen LogP contribution in [0.1, 0.15) is 37.7 Å². The summed E-state index contributed by atoms with van der Waals surface area (Å²) >= 11 is 0. The molecule has 0 radical (unpaired) electrons. The first-order chi connectivity index (χ1) is 11.5. The second kappa shape index (κ2) is 6.44. The van der Waals surface area contributed by atoms with E-state index in [1.165, 1.54) is 10.9 Å². The van der Waals surface area contributed by atoms with E-state index >= 15 is 0 Å². The maximum absolute atomic E-state index is 12.5. The van der Waals surface area contributed by atoms with Crippen molar-refractivity contribution in [3.8, 4) is 6.07 Å². The quantitative estimate of drug-likeness (QED) is 0.932. The number of nitrogens with zero attached hydrogens (tertiary/aromatic N) is 3. The minimum absolute atomic E-state index is 0.146. The molecule has 1 aliphatic carbocycles. The third-order valence-corrected chi connectivity index (χ3v) is 4.68. The first-order valence-corrected chi connectivity index (χ1v) is 8.22. The Hall–Kier alpha value is -2.68. The number of carbonyl (C=O) groups is 1. The van der Waals surface area contributed by atoms with Crippen LogP contribution >= 0.6 is 0 Å². The molecule has 1 heterocycles. The Morgan fingerprint density at radius 2 is 2.17 bits per heavy atom. The number of hydrogen-bond donors (Lipinski definition) is 1. The summed E-state index contributed by atoms with van der Waals surface area (Å²) in [4.78, 5) is 29.0. The molecule has 124 valence electrons. The lowest BCUT2D eigenvalue weighted by Gasteiger charge is -2.22. The second-order valence-electron chi connectivity index (χ2n) is 6.41. The van der Waals surface area contributed by atoms with E-state index < -0.39 is 5.54 Å². The largest absolute Gasteiger partial charge is 0.338 e. The zero-order valence-corrected chi connectivity index (χ0v) is 13.7. The van der Waals surface area contributed by atoms with Crippen molar-refractivity contribution in [2.75, 3.05) is 0 Å². The summed E-state index contributed by atoms with van der Waals surface area (Å²) in [6, 6.07) is 7.72. The van der Waals surface area contributed by atoms with Crippen molar-refractivity contribution in [2.45, 2.75) is 51.1 Å². The Labute approximate surface area is 140 Å². The first kappa shape index (κ1) is 16.2. The van der Waals surface area contributed by atoms with Gasteiger partial charge in [0.15, 0.2) is 0 Å². The Kier molecular flexibility index (Phi) is 4.34. The molecular formula is C18H20N4O2. The van der Waals surface area contributed by atoms with Gasteiger partial charge in [-0.1, -0.05) is 12.1 Å². The third-order valence-electron chi connectivity index (χ3n) is 4.68. The number of nitrogens with one attached hydrogen (secondary N) is 1. The summed E-state index contributed by atoms with van der Waals surface area (Å²) in [5.41, 5.74) is 0.775. The predicted octanol–water partition coefficient (Wildman–Crippen LogP) is 2.05. The Bertz CT molecular complexity index is 873. The molecule has 1 aliphatic rings. The van der Waals surface area contributed by atoms with Crippen LogP contribution in [0.2, 0.25) is 0 Å². The van der Waals surface area contributed by atoms with Crippen molar-refractivity contribution >= 4 is 16.8 Å². The summed E-state index contributed by atoms with van der Waals surface area (Å²) in [7, 11) is 0. The molecule has 0 bridgehead atoms. The summed E-state index contributed by atoms with van der Waals surface area (Å²) in [5, 5.41) is 12.7. The SMILES string of the molecule is Cc1cccc2c(=O)n(CCC(=O)NC3(C#N)CCCC3)cnc12. The topological polar surface area (TPSA) is 87.8 Å². The Morgan fingerprint density at radius 3 is 2.88 bits per heavy atom. The van der Waals surface area contributed by atoms with Crippen molar-refractivity contribution < 1.29 is 4.79 Å². The highest BCUT2D eigenvalue weighted by Gasteiger charge is 2.35. The zero-order valence-electron chi connectivity index (χ0n) is 13.7. The lowest BCUT2D eigenvalue weighted by Crippen LogP contribution is -2.45. The van der Waals surface area contributed by atoms with E-state index in [1.54, 1.807) is 6.07 Å². The van der Waals surface area contributed by atoms with Gasteiger partial charge in [0.2, 0.25) is 5.91 Å². The standard InChI is InChI=1S/C18H20N4O2/c1-13-5-4-6-14-16(13)20-12-22(17(14)24)10-7-15(23)21-18(11-19)8-2-3-9-18/h4-6,12H,2-3,7-10H2,1H3,(H,21,23). The monoisotopic (exact) mass is 324 g/mol. The first-order valence-electron chi connectivity index (χ1n) is 8.22. The second-order valence-corrected chi connectivity index (χ2v) is 6.41. The molecule has 2 aromatic rings. The van der Waals surface area contributed by atoms with Crippen LogP contribution in [-0.4, -0.2) is 21.0 Å². The molecule has 1 aromatic heterocycles. The van der Waals surface area contributed by atoms with E-state index in [1.807, 2.05) is 19.1 Å². The van der Waals surface area contributed by atoms with Crippen LogP contribution in [0.3, 0.4) is 0 Å². The highest BCUT2D eigenvalue weighted by molar-refractivity contribution is 5.80. The lowest BCUT2D eigenvalue weighted by molar-refractivity contribution is -0.122. The fourth-order valence-corrected chi connectivity index (χ4v) is 3.29. The highest BCUT2D eigenvalue weighted by atomic mass is 16.2. The summed E-state index contributed by atoms with van der Waals surface area (Å²) in [6.07, 6.45) is 4.96. The fraction of sp³-hybridized carbons (Fsp3) is 0.444. The van der Waals surface area contributed by atoms with Crippen molar-refractivity contribution in [1.82, 2.24) is 14.9 Å². The van der Waals surface area contributed by atoms with Gasteiger partial charge in [0.05, 0.1) is 23.3 Å². The predicted molar refractivity (Wildman–Crippen MR) is 90.3 cm³/mol. The lowest BCUT2D eigenvalue weighted by atomic mass is 10.00. The van der Waals surface area contributed by atoms with Crippen LogP contribution in [0.4, 0.5) is 0 Å². The van der Waals surface area contributed by atoms with E-state index in [2.05, 4.69) is 16.4 Å². The van der Waals surface area contributed by atoms with Gasteiger partial charge >= 0.3 is 0 Å². The van der Waals surface area contributed by atoms with Gasteiger partial charge in [-0.15, -0.1) is 0 Å². The number of benzene rings is 1. The minimum atomic E-state index is -0.721. The maximum atomic E-state index is 12.5.